The summed E-state index contributed by atoms with van der Waals surface area (Å²) in [4.78, 5) is 14.5. The lowest BCUT2D eigenvalue weighted by atomic mass is 10.00. The maximum absolute atomic E-state index is 12.6. The molecular weight excluding hydrogens is 350 g/mol. The summed E-state index contributed by atoms with van der Waals surface area (Å²) in [5, 5.41) is 0. The molecule has 2 heterocycles. The van der Waals surface area contributed by atoms with Gasteiger partial charge in [0.2, 0.25) is 0 Å². The van der Waals surface area contributed by atoms with E-state index in [1.807, 2.05) is 25.7 Å². The topological polar surface area (TPSA) is 38.8 Å². The summed E-state index contributed by atoms with van der Waals surface area (Å²) in [6.07, 6.45) is 10.3. The van der Waals surface area contributed by atoms with E-state index >= 15 is 0 Å². The van der Waals surface area contributed by atoms with Crippen LogP contribution < -0.4 is 4.74 Å². The first-order valence-corrected chi connectivity index (χ1v) is 11.1. The molecule has 1 aromatic rings. The number of benzene rings is 1. The third-order valence-electron chi connectivity index (χ3n) is 5.84. The highest BCUT2D eigenvalue weighted by atomic mass is 16.6. The smallest absolute Gasteiger partial charge is 0.410 e. The van der Waals surface area contributed by atoms with E-state index in [1.54, 1.807) is 0 Å². The molecular formula is C24H37NO3. The van der Waals surface area contributed by atoms with Crippen molar-refractivity contribution < 1.29 is 14.3 Å². The first-order chi connectivity index (χ1) is 13.4. The van der Waals surface area contributed by atoms with Gasteiger partial charge in [-0.15, -0.1) is 0 Å². The van der Waals surface area contributed by atoms with Crippen molar-refractivity contribution in [2.24, 2.45) is 0 Å². The van der Waals surface area contributed by atoms with E-state index in [0.29, 0.717) is 0 Å². The summed E-state index contributed by atoms with van der Waals surface area (Å²) >= 11 is 0. The molecule has 2 aliphatic rings. The predicted octanol–water partition coefficient (Wildman–Crippen LogP) is 6.12. The van der Waals surface area contributed by atoms with Crippen LogP contribution in [0.1, 0.15) is 84.6 Å². The fraction of sp³-hybridized carbons (Fsp3) is 0.708. The second-order valence-corrected chi connectivity index (χ2v) is 9.44. The Labute approximate surface area is 170 Å². The summed E-state index contributed by atoms with van der Waals surface area (Å²) in [5.41, 5.74) is 0.950. The Morgan fingerprint density at radius 3 is 2.25 bits per heavy atom. The normalized spacial score (nSPS) is 24.3. The molecule has 3 atom stereocenters. The zero-order valence-corrected chi connectivity index (χ0v) is 18.1. The molecule has 4 heteroatoms. The molecule has 2 saturated heterocycles. The van der Waals surface area contributed by atoms with Gasteiger partial charge in [-0.3, -0.25) is 0 Å². The molecule has 0 N–H and O–H groups in total. The van der Waals surface area contributed by atoms with Crippen molar-refractivity contribution in [2.45, 2.75) is 109 Å². The van der Waals surface area contributed by atoms with Gasteiger partial charge in [-0.25, -0.2) is 4.79 Å². The van der Waals surface area contributed by atoms with Crippen LogP contribution in [0, 0.1) is 0 Å². The summed E-state index contributed by atoms with van der Waals surface area (Å²) in [6.45, 7) is 8.03. The van der Waals surface area contributed by atoms with Crippen LogP contribution in [-0.2, 0) is 11.2 Å². The third kappa shape index (κ3) is 5.65. The van der Waals surface area contributed by atoms with Gasteiger partial charge in [-0.1, -0.05) is 38.3 Å². The van der Waals surface area contributed by atoms with Crippen molar-refractivity contribution in [1.82, 2.24) is 4.90 Å². The van der Waals surface area contributed by atoms with Gasteiger partial charge < -0.3 is 14.4 Å². The zero-order chi connectivity index (χ0) is 20.1. The van der Waals surface area contributed by atoms with Crippen LogP contribution in [0.15, 0.2) is 24.3 Å². The Morgan fingerprint density at radius 2 is 1.68 bits per heavy atom. The number of carbonyl (C=O) groups excluding carboxylic acids is 1. The molecule has 0 aliphatic carbocycles. The number of fused-ring (bicyclic) bond motifs is 2. The van der Waals surface area contributed by atoms with Gasteiger partial charge in [0.15, 0.2) is 0 Å². The lowest BCUT2D eigenvalue weighted by Crippen LogP contribution is -2.50. The third-order valence-corrected chi connectivity index (χ3v) is 5.84. The molecule has 3 rings (SSSR count). The average Bonchev–Trinajstić information content (AvgIpc) is 2.90. The summed E-state index contributed by atoms with van der Waals surface area (Å²) in [6, 6.07) is 9.11. The Bertz CT molecular complexity index is 620. The maximum atomic E-state index is 12.6. The highest BCUT2D eigenvalue weighted by Gasteiger charge is 2.45. The Hall–Kier alpha value is -1.71. The number of carbonyl (C=O) groups is 1. The lowest BCUT2D eigenvalue weighted by molar-refractivity contribution is -0.00707. The molecule has 4 nitrogen and oxygen atoms in total. The summed E-state index contributed by atoms with van der Waals surface area (Å²) in [5.74, 6) is 0.951. The Balaban J connectivity index is 1.50. The fourth-order valence-electron chi connectivity index (χ4n) is 4.52. The SMILES string of the molecule is CCCCCCc1ccc(OC2C[C@H]3CC[C@@H](C2)N3C(=O)OC(C)(C)C)cc1. The second kappa shape index (κ2) is 9.19. The van der Waals surface area contributed by atoms with Crippen molar-refractivity contribution in [1.29, 1.82) is 0 Å². The van der Waals surface area contributed by atoms with Crippen LogP contribution in [0.3, 0.4) is 0 Å². The molecule has 0 saturated carbocycles. The molecule has 1 aromatic carbocycles. The van der Waals surface area contributed by atoms with Crippen LogP contribution in [0.4, 0.5) is 4.79 Å². The average molecular weight is 388 g/mol. The largest absolute Gasteiger partial charge is 0.490 e. The van der Waals surface area contributed by atoms with Gasteiger partial charge >= 0.3 is 6.09 Å². The van der Waals surface area contributed by atoms with Crippen LogP contribution in [0.25, 0.3) is 0 Å². The standard InChI is InChI=1S/C24H37NO3/c1-5-6-7-8-9-18-10-14-21(15-11-18)27-22-16-19-12-13-20(17-22)25(19)23(26)28-24(2,3)4/h10-11,14-15,19-20,22H,5-9,12-13,16-17H2,1-4H3/t19-,20+,22?. The molecule has 1 unspecified atom stereocenters. The highest BCUT2D eigenvalue weighted by Crippen LogP contribution is 2.38. The van der Waals surface area contributed by atoms with Gasteiger partial charge in [0, 0.05) is 24.9 Å². The Morgan fingerprint density at radius 1 is 1.04 bits per heavy atom. The number of hydrogen-bond acceptors (Lipinski definition) is 3. The van der Waals surface area contributed by atoms with Gasteiger partial charge in [-0.2, -0.15) is 0 Å². The van der Waals surface area contributed by atoms with Crippen molar-refractivity contribution in [3.63, 3.8) is 0 Å². The minimum absolute atomic E-state index is 0.161. The predicted molar refractivity (Wildman–Crippen MR) is 113 cm³/mol. The number of hydrogen-bond donors (Lipinski definition) is 0. The molecule has 2 fully saturated rings. The molecule has 2 bridgehead atoms. The molecule has 1 amide bonds. The highest BCUT2D eigenvalue weighted by molar-refractivity contribution is 5.69. The van der Waals surface area contributed by atoms with Crippen molar-refractivity contribution in [3.05, 3.63) is 29.8 Å². The van der Waals surface area contributed by atoms with E-state index in [9.17, 15) is 4.79 Å². The van der Waals surface area contributed by atoms with Crippen LogP contribution in [0.5, 0.6) is 5.75 Å². The number of piperidine rings is 1. The van der Waals surface area contributed by atoms with E-state index in [-0.39, 0.29) is 24.3 Å². The number of amides is 1. The van der Waals surface area contributed by atoms with Crippen molar-refractivity contribution >= 4 is 6.09 Å². The molecule has 28 heavy (non-hydrogen) atoms. The monoisotopic (exact) mass is 387 g/mol. The minimum atomic E-state index is -0.442. The van der Waals surface area contributed by atoms with E-state index < -0.39 is 5.60 Å². The van der Waals surface area contributed by atoms with Crippen LogP contribution in [0.2, 0.25) is 0 Å². The number of nitrogens with zero attached hydrogens (tertiary/aromatic N) is 1. The molecule has 156 valence electrons. The first kappa shape index (κ1) is 21.0. The second-order valence-electron chi connectivity index (χ2n) is 9.44. The fourth-order valence-corrected chi connectivity index (χ4v) is 4.52. The van der Waals surface area contributed by atoms with E-state index in [2.05, 4.69) is 31.2 Å². The zero-order valence-electron chi connectivity index (χ0n) is 18.1. The molecule has 0 aromatic heterocycles. The number of ether oxygens (including phenoxy) is 2. The molecule has 2 aliphatic heterocycles. The van der Waals surface area contributed by atoms with Gasteiger partial charge in [0.1, 0.15) is 17.5 Å². The molecule has 0 radical (unpaired) electrons. The quantitative estimate of drug-likeness (QED) is 0.529. The van der Waals surface area contributed by atoms with Crippen LogP contribution in [-0.4, -0.2) is 34.8 Å². The number of unbranched alkanes of at least 4 members (excludes halogenated alkanes) is 3. The van der Waals surface area contributed by atoms with Gasteiger partial charge in [0.05, 0.1) is 0 Å². The number of aryl methyl sites for hydroxylation is 1. The molecule has 0 spiro atoms. The summed E-state index contributed by atoms with van der Waals surface area (Å²) in [7, 11) is 0. The first-order valence-electron chi connectivity index (χ1n) is 11.1. The van der Waals surface area contributed by atoms with Gasteiger partial charge in [-0.05, 0) is 64.2 Å². The Kier molecular flexibility index (Phi) is 6.90. The van der Waals surface area contributed by atoms with Crippen LogP contribution >= 0.6 is 0 Å². The minimum Gasteiger partial charge on any atom is -0.490 e. The summed E-state index contributed by atoms with van der Waals surface area (Å²) < 4.78 is 11.9. The maximum Gasteiger partial charge on any atom is 0.410 e. The van der Waals surface area contributed by atoms with E-state index in [0.717, 1.165) is 37.9 Å². The van der Waals surface area contributed by atoms with E-state index in [1.165, 1.54) is 31.2 Å². The van der Waals surface area contributed by atoms with E-state index in [4.69, 9.17) is 9.47 Å². The van der Waals surface area contributed by atoms with Gasteiger partial charge in [0.25, 0.3) is 0 Å². The van der Waals surface area contributed by atoms with Crippen molar-refractivity contribution in [2.75, 3.05) is 0 Å². The lowest BCUT2D eigenvalue weighted by Gasteiger charge is -2.39. The number of rotatable bonds is 7. The van der Waals surface area contributed by atoms with Crippen molar-refractivity contribution in [3.8, 4) is 5.75 Å².